The molecule has 7 aromatic carbocycles. The lowest BCUT2D eigenvalue weighted by Crippen LogP contribution is -2.16. The molecule has 1 aromatic heterocycles. The lowest BCUT2D eigenvalue weighted by molar-refractivity contribution is 1.06. The van der Waals surface area contributed by atoms with Crippen LogP contribution in [0.15, 0.2) is 180 Å². The van der Waals surface area contributed by atoms with E-state index < -0.39 is 0 Å². The van der Waals surface area contributed by atoms with Crippen molar-refractivity contribution in [1.29, 1.82) is 0 Å². The predicted molar refractivity (Wildman–Crippen MR) is 198 cm³/mol. The van der Waals surface area contributed by atoms with E-state index in [-0.39, 0.29) is 0 Å². The van der Waals surface area contributed by atoms with Crippen LogP contribution in [0.5, 0.6) is 0 Å². The van der Waals surface area contributed by atoms with E-state index in [4.69, 9.17) is 15.7 Å². The molecule has 0 fully saturated rings. The van der Waals surface area contributed by atoms with E-state index in [0.717, 1.165) is 33.5 Å². The molecule has 0 bridgehead atoms. The number of nitrogens with two attached hydrogens (primary N) is 1. The summed E-state index contributed by atoms with van der Waals surface area (Å²) in [6.07, 6.45) is 0. The van der Waals surface area contributed by atoms with E-state index in [2.05, 4.69) is 120 Å². The standard InChI is InChI=1S/C43H32N4/c44-42(32-15-5-2-6-16-32)46-43(45-29-30-13-3-1-4-14-30)38-21-10-9-19-36(38)31-23-25-35(26-24-31)47-40-22-12-11-20-37(40)39-27-33-17-7-8-18-34(33)28-41(39)47/h1-28H,29H2,(H2,44,45,46). The van der Waals surface area contributed by atoms with Crippen LogP contribution in [0.4, 0.5) is 0 Å². The van der Waals surface area contributed by atoms with Gasteiger partial charge in [0.15, 0.2) is 5.84 Å². The molecule has 8 rings (SSSR count). The summed E-state index contributed by atoms with van der Waals surface area (Å²) in [5.74, 6) is 1.03. The van der Waals surface area contributed by atoms with Gasteiger partial charge in [0.05, 0.1) is 17.6 Å². The Kier molecular flexibility index (Phi) is 7.37. The third kappa shape index (κ3) is 5.47. The van der Waals surface area contributed by atoms with Gasteiger partial charge in [-0.15, -0.1) is 0 Å². The van der Waals surface area contributed by atoms with Crippen LogP contribution >= 0.6 is 0 Å². The molecule has 8 aromatic rings. The van der Waals surface area contributed by atoms with Crippen LogP contribution in [0.25, 0.3) is 49.4 Å². The van der Waals surface area contributed by atoms with Crippen molar-refractivity contribution in [3.63, 3.8) is 0 Å². The number of fused-ring (bicyclic) bond motifs is 4. The Morgan fingerprint density at radius 1 is 0.553 bits per heavy atom. The molecule has 4 heteroatoms. The molecular weight excluding hydrogens is 573 g/mol. The minimum atomic E-state index is 0.432. The van der Waals surface area contributed by atoms with E-state index >= 15 is 0 Å². The topological polar surface area (TPSA) is 55.7 Å². The quantitative estimate of drug-likeness (QED) is 0.149. The maximum atomic E-state index is 6.56. The molecule has 224 valence electrons. The summed E-state index contributed by atoms with van der Waals surface area (Å²) in [7, 11) is 0. The van der Waals surface area contributed by atoms with Gasteiger partial charge in [0.2, 0.25) is 0 Å². The Balaban J connectivity index is 1.23. The van der Waals surface area contributed by atoms with E-state index in [0.29, 0.717) is 18.2 Å². The summed E-state index contributed by atoms with van der Waals surface area (Å²) in [4.78, 5) is 9.92. The maximum absolute atomic E-state index is 6.56. The van der Waals surface area contributed by atoms with Crippen molar-refractivity contribution in [2.24, 2.45) is 15.7 Å². The number of aliphatic imine (C=N–C) groups is 2. The lowest BCUT2D eigenvalue weighted by atomic mass is 9.98. The van der Waals surface area contributed by atoms with Gasteiger partial charge in [-0.1, -0.05) is 140 Å². The van der Waals surface area contributed by atoms with E-state index in [9.17, 15) is 0 Å². The first-order valence-electron chi connectivity index (χ1n) is 15.8. The van der Waals surface area contributed by atoms with Gasteiger partial charge in [-0.25, -0.2) is 4.99 Å². The molecule has 0 atom stereocenters. The average Bonchev–Trinajstić information content (AvgIpc) is 3.46. The van der Waals surface area contributed by atoms with Crippen molar-refractivity contribution >= 4 is 44.2 Å². The first-order chi connectivity index (χ1) is 23.2. The molecule has 0 radical (unpaired) electrons. The van der Waals surface area contributed by atoms with Gasteiger partial charge in [0.1, 0.15) is 5.84 Å². The van der Waals surface area contributed by atoms with E-state index in [1.54, 1.807) is 0 Å². The van der Waals surface area contributed by atoms with Gasteiger partial charge < -0.3 is 10.3 Å². The molecule has 0 aliphatic carbocycles. The Labute approximate surface area is 273 Å². The number of para-hydroxylation sites is 1. The number of rotatable bonds is 6. The largest absolute Gasteiger partial charge is 0.383 e. The molecule has 4 nitrogen and oxygen atoms in total. The van der Waals surface area contributed by atoms with Gasteiger partial charge in [0, 0.05) is 27.6 Å². The van der Waals surface area contributed by atoms with Crippen molar-refractivity contribution in [2.45, 2.75) is 6.54 Å². The third-order valence-corrected chi connectivity index (χ3v) is 8.69. The Morgan fingerprint density at radius 3 is 1.98 bits per heavy atom. The minimum Gasteiger partial charge on any atom is -0.383 e. The lowest BCUT2D eigenvalue weighted by Gasteiger charge is -2.13. The van der Waals surface area contributed by atoms with Crippen LogP contribution < -0.4 is 5.73 Å². The van der Waals surface area contributed by atoms with Crippen molar-refractivity contribution < 1.29 is 0 Å². The number of hydrogen-bond donors (Lipinski definition) is 1. The average molecular weight is 605 g/mol. The smallest absolute Gasteiger partial charge is 0.157 e. The Hall–Kier alpha value is -6.26. The zero-order valence-electron chi connectivity index (χ0n) is 25.8. The summed E-state index contributed by atoms with van der Waals surface area (Å²) in [6.45, 7) is 0.497. The van der Waals surface area contributed by atoms with Crippen molar-refractivity contribution in [1.82, 2.24) is 4.57 Å². The molecule has 0 unspecified atom stereocenters. The molecule has 0 amide bonds. The normalized spacial score (nSPS) is 12.3. The molecule has 0 aliphatic heterocycles. The summed E-state index contributed by atoms with van der Waals surface area (Å²) in [6, 6.07) is 59.0. The molecule has 0 saturated heterocycles. The van der Waals surface area contributed by atoms with Crippen molar-refractivity contribution in [2.75, 3.05) is 0 Å². The first kappa shape index (κ1) is 28.2. The van der Waals surface area contributed by atoms with Crippen molar-refractivity contribution in [3.05, 3.63) is 187 Å². The van der Waals surface area contributed by atoms with Gasteiger partial charge in [0.25, 0.3) is 0 Å². The highest BCUT2D eigenvalue weighted by Crippen LogP contribution is 2.35. The van der Waals surface area contributed by atoms with Gasteiger partial charge >= 0.3 is 0 Å². The van der Waals surface area contributed by atoms with Gasteiger partial charge in [-0.3, -0.25) is 4.99 Å². The molecule has 0 saturated carbocycles. The van der Waals surface area contributed by atoms with E-state index in [1.165, 1.54) is 32.6 Å². The number of aromatic nitrogens is 1. The van der Waals surface area contributed by atoms with Crippen LogP contribution in [0, 0.1) is 0 Å². The zero-order valence-corrected chi connectivity index (χ0v) is 25.8. The molecule has 2 N–H and O–H groups in total. The summed E-state index contributed by atoms with van der Waals surface area (Å²) in [5, 5.41) is 4.97. The van der Waals surface area contributed by atoms with Gasteiger partial charge in [-0.2, -0.15) is 0 Å². The predicted octanol–water partition coefficient (Wildman–Crippen LogP) is 9.96. The number of amidine groups is 2. The van der Waals surface area contributed by atoms with Crippen LogP contribution in [-0.2, 0) is 6.54 Å². The second-order valence-corrected chi connectivity index (χ2v) is 11.7. The third-order valence-electron chi connectivity index (χ3n) is 8.69. The van der Waals surface area contributed by atoms with Crippen LogP contribution in [0.1, 0.15) is 16.7 Å². The van der Waals surface area contributed by atoms with Crippen LogP contribution in [-0.4, -0.2) is 16.2 Å². The fraction of sp³-hybridized carbons (Fsp3) is 0.0233. The van der Waals surface area contributed by atoms with Crippen LogP contribution in [0.3, 0.4) is 0 Å². The highest BCUT2D eigenvalue weighted by atomic mass is 15.0. The summed E-state index contributed by atoms with van der Waals surface area (Å²) < 4.78 is 2.37. The zero-order chi connectivity index (χ0) is 31.6. The molecular formula is C43H32N4. The fourth-order valence-corrected chi connectivity index (χ4v) is 6.37. The Morgan fingerprint density at radius 2 is 1.19 bits per heavy atom. The molecule has 47 heavy (non-hydrogen) atoms. The second-order valence-electron chi connectivity index (χ2n) is 11.7. The highest BCUT2D eigenvalue weighted by Gasteiger charge is 2.15. The molecule has 0 aliphatic rings. The monoisotopic (exact) mass is 604 g/mol. The summed E-state index contributed by atoms with van der Waals surface area (Å²) >= 11 is 0. The second kappa shape index (κ2) is 12.3. The van der Waals surface area contributed by atoms with Crippen molar-refractivity contribution in [3.8, 4) is 16.8 Å². The van der Waals surface area contributed by atoms with Gasteiger partial charge in [-0.05, 0) is 57.8 Å². The number of benzene rings is 7. The SMILES string of the molecule is N/C(=N\C(=N/Cc1ccccc1)c1ccccc1-c1ccc(-n2c3ccccc3c3cc4ccccc4cc32)cc1)c1ccccc1. The number of hydrogen-bond acceptors (Lipinski definition) is 1. The van der Waals surface area contributed by atoms with E-state index in [1.807, 2.05) is 54.6 Å². The highest BCUT2D eigenvalue weighted by molar-refractivity contribution is 6.14. The van der Waals surface area contributed by atoms with Crippen LogP contribution in [0.2, 0.25) is 0 Å². The molecule has 0 spiro atoms. The number of nitrogens with zero attached hydrogens (tertiary/aromatic N) is 3. The fourth-order valence-electron chi connectivity index (χ4n) is 6.37. The molecule has 1 heterocycles. The minimum absolute atomic E-state index is 0.432. The maximum Gasteiger partial charge on any atom is 0.157 e. The summed E-state index contributed by atoms with van der Waals surface area (Å²) in [5.41, 5.74) is 15.1. The first-order valence-corrected chi connectivity index (χ1v) is 15.8. The Bertz CT molecular complexity index is 2420.